The number of benzene rings is 2. The monoisotopic (exact) mass is 400 g/mol. The van der Waals surface area contributed by atoms with Gasteiger partial charge in [-0.2, -0.15) is 0 Å². The largest absolute Gasteiger partial charge is 0.320 e. The third kappa shape index (κ3) is 3.01. The highest BCUT2D eigenvalue weighted by Crippen LogP contribution is 2.31. The van der Waals surface area contributed by atoms with Crippen LogP contribution < -0.4 is 10.9 Å². The summed E-state index contributed by atoms with van der Waals surface area (Å²) in [6.07, 6.45) is 0. The van der Waals surface area contributed by atoms with Crippen molar-refractivity contribution < 1.29 is 9.18 Å². The van der Waals surface area contributed by atoms with Crippen LogP contribution in [0, 0.1) is 5.82 Å². The molecule has 0 radical (unpaired) electrons. The minimum Gasteiger partial charge on any atom is -0.320 e. The van der Waals surface area contributed by atoms with Crippen LogP contribution in [-0.4, -0.2) is 10.5 Å². The van der Waals surface area contributed by atoms with Crippen LogP contribution in [0.2, 0.25) is 5.02 Å². The Hall–Kier alpha value is -2.70. The SMILES string of the molecule is CCn1c(=O)c2cc(C(=O)Nc3ccc(F)cc3Cl)sc2c2ccccc21. The number of hydrogen-bond donors (Lipinski definition) is 1. The average molecular weight is 401 g/mol. The number of carbonyl (C=O) groups is 1. The molecule has 2 aromatic heterocycles. The van der Waals surface area contributed by atoms with E-state index in [1.807, 2.05) is 31.2 Å². The highest BCUT2D eigenvalue weighted by Gasteiger charge is 2.17. The molecule has 1 N–H and O–H groups in total. The van der Waals surface area contributed by atoms with Gasteiger partial charge in [-0.05, 0) is 37.3 Å². The highest BCUT2D eigenvalue weighted by molar-refractivity contribution is 7.21. The second-order valence-electron chi connectivity index (χ2n) is 6.00. The molecule has 0 atom stereocenters. The van der Waals surface area contributed by atoms with Crippen molar-refractivity contribution in [2.24, 2.45) is 0 Å². The number of pyridine rings is 1. The van der Waals surface area contributed by atoms with Crippen molar-refractivity contribution in [3.8, 4) is 0 Å². The summed E-state index contributed by atoms with van der Waals surface area (Å²) in [6.45, 7) is 2.45. The van der Waals surface area contributed by atoms with Crippen LogP contribution in [0.4, 0.5) is 10.1 Å². The lowest BCUT2D eigenvalue weighted by Gasteiger charge is -2.08. The average Bonchev–Trinajstić information content (AvgIpc) is 3.11. The van der Waals surface area contributed by atoms with Gasteiger partial charge in [0.25, 0.3) is 11.5 Å². The normalized spacial score (nSPS) is 11.2. The van der Waals surface area contributed by atoms with Gasteiger partial charge in [-0.25, -0.2) is 4.39 Å². The van der Waals surface area contributed by atoms with Crippen LogP contribution in [0.5, 0.6) is 0 Å². The molecule has 27 heavy (non-hydrogen) atoms. The fourth-order valence-electron chi connectivity index (χ4n) is 3.11. The molecule has 4 aromatic rings. The van der Waals surface area contributed by atoms with Crippen molar-refractivity contribution in [3.05, 3.63) is 74.6 Å². The summed E-state index contributed by atoms with van der Waals surface area (Å²) in [5.41, 5.74) is 1.03. The summed E-state index contributed by atoms with van der Waals surface area (Å²) in [6, 6.07) is 13.0. The van der Waals surface area contributed by atoms with Gasteiger partial charge in [0, 0.05) is 16.6 Å². The predicted molar refractivity (Wildman–Crippen MR) is 109 cm³/mol. The van der Waals surface area contributed by atoms with Crippen molar-refractivity contribution >= 4 is 55.5 Å². The molecule has 0 aliphatic rings. The maximum Gasteiger partial charge on any atom is 0.265 e. The van der Waals surface area contributed by atoms with Gasteiger partial charge in [-0.15, -0.1) is 11.3 Å². The number of carbonyl (C=O) groups excluding carboxylic acids is 1. The molecular formula is C20H14ClFN2O2S. The van der Waals surface area contributed by atoms with Crippen molar-refractivity contribution in [3.63, 3.8) is 0 Å². The van der Waals surface area contributed by atoms with Gasteiger partial charge in [0.15, 0.2) is 0 Å². The third-order valence-electron chi connectivity index (χ3n) is 4.37. The van der Waals surface area contributed by atoms with E-state index in [0.717, 1.165) is 21.7 Å². The number of aryl methyl sites for hydroxylation is 1. The maximum absolute atomic E-state index is 13.2. The van der Waals surface area contributed by atoms with E-state index in [1.54, 1.807) is 10.6 Å². The Morgan fingerprint density at radius 3 is 2.70 bits per heavy atom. The molecular weight excluding hydrogens is 387 g/mol. The molecule has 1 amide bonds. The number of para-hydroxylation sites is 1. The van der Waals surface area contributed by atoms with E-state index < -0.39 is 11.7 Å². The first-order valence-electron chi connectivity index (χ1n) is 8.31. The quantitative estimate of drug-likeness (QED) is 0.508. The molecule has 0 fully saturated rings. The van der Waals surface area contributed by atoms with Gasteiger partial charge >= 0.3 is 0 Å². The third-order valence-corrected chi connectivity index (χ3v) is 5.85. The van der Waals surface area contributed by atoms with E-state index in [0.29, 0.717) is 22.5 Å². The first-order chi connectivity index (χ1) is 13.0. The summed E-state index contributed by atoms with van der Waals surface area (Å²) >= 11 is 7.23. The van der Waals surface area contributed by atoms with E-state index in [4.69, 9.17) is 11.6 Å². The molecule has 2 heterocycles. The molecule has 0 saturated heterocycles. The van der Waals surface area contributed by atoms with E-state index in [9.17, 15) is 14.0 Å². The van der Waals surface area contributed by atoms with Gasteiger partial charge < -0.3 is 9.88 Å². The molecule has 4 nitrogen and oxygen atoms in total. The highest BCUT2D eigenvalue weighted by atomic mass is 35.5. The molecule has 0 saturated carbocycles. The van der Waals surface area contributed by atoms with Gasteiger partial charge in [0.05, 0.1) is 26.5 Å². The second kappa shape index (κ2) is 6.79. The Balaban J connectivity index is 1.84. The molecule has 0 aliphatic heterocycles. The van der Waals surface area contributed by atoms with Gasteiger partial charge in [-0.3, -0.25) is 9.59 Å². The topological polar surface area (TPSA) is 51.1 Å². The van der Waals surface area contributed by atoms with E-state index in [2.05, 4.69) is 5.32 Å². The van der Waals surface area contributed by atoms with Crippen LogP contribution in [-0.2, 0) is 6.54 Å². The Kier molecular flexibility index (Phi) is 4.45. The fraction of sp³-hybridized carbons (Fsp3) is 0.100. The molecule has 7 heteroatoms. The summed E-state index contributed by atoms with van der Waals surface area (Å²) in [7, 11) is 0. The van der Waals surface area contributed by atoms with Crippen LogP contribution in [0.15, 0.2) is 53.3 Å². The van der Waals surface area contributed by atoms with Crippen LogP contribution in [0.3, 0.4) is 0 Å². The number of anilines is 1. The first kappa shape index (κ1) is 17.7. The second-order valence-corrected chi connectivity index (χ2v) is 7.46. The summed E-state index contributed by atoms with van der Waals surface area (Å²) in [4.78, 5) is 25.9. The number of amides is 1. The van der Waals surface area contributed by atoms with Crippen LogP contribution in [0.25, 0.3) is 21.0 Å². The molecule has 4 rings (SSSR count). The lowest BCUT2D eigenvalue weighted by atomic mass is 10.1. The Bertz CT molecular complexity index is 1260. The molecule has 0 aliphatic carbocycles. The van der Waals surface area contributed by atoms with E-state index in [1.165, 1.54) is 23.5 Å². The Labute approximate surface area is 162 Å². The number of fused-ring (bicyclic) bond motifs is 3. The standard InChI is InChI=1S/C20H14ClFN2O2S/c1-2-24-16-6-4-3-5-12(16)18-13(20(24)26)10-17(27-18)19(25)23-15-8-7-11(22)9-14(15)21/h3-10H,2H2,1H3,(H,23,25). The van der Waals surface area contributed by atoms with Gasteiger partial charge in [-0.1, -0.05) is 29.8 Å². The van der Waals surface area contributed by atoms with Crippen molar-refractivity contribution in [1.82, 2.24) is 4.57 Å². The smallest absolute Gasteiger partial charge is 0.265 e. The van der Waals surface area contributed by atoms with Gasteiger partial charge in [0.2, 0.25) is 0 Å². The van der Waals surface area contributed by atoms with E-state index in [-0.39, 0.29) is 10.6 Å². The summed E-state index contributed by atoms with van der Waals surface area (Å²) in [5.74, 6) is -0.873. The Morgan fingerprint density at radius 2 is 1.96 bits per heavy atom. The summed E-state index contributed by atoms with van der Waals surface area (Å²) < 4.78 is 15.7. The number of thiophene rings is 1. The molecule has 0 unspecified atom stereocenters. The number of halogens is 2. The molecule has 0 spiro atoms. The summed E-state index contributed by atoms with van der Waals surface area (Å²) in [5, 5.41) is 4.23. The predicted octanol–water partition coefficient (Wildman–Crippen LogP) is 5.28. The fourth-order valence-corrected chi connectivity index (χ4v) is 4.40. The number of nitrogens with one attached hydrogen (secondary N) is 1. The van der Waals surface area contributed by atoms with E-state index >= 15 is 0 Å². The lowest BCUT2D eigenvalue weighted by Crippen LogP contribution is -2.19. The zero-order chi connectivity index (χ0) is 19.1. The van der Waals surface area contributed by atoms with Crippen LogP contribution >= 0.6 is 22.9 Å². The molecule has 2 aromatic carbocycles. The number of nitrogens with zero attached hydrogens (tertiary/aromatic N) is 1. The number of rotatable bonds is 3. The van der Waals surface area contributed by atoms with Crippen molar-refractivity contribution in [1.29, 1.82) is 0 Å². The van der Waals surface area contributed by atoms with Crippen LogP contribution in [0.1, 0.15) is 16.6 Å². The minimum atomic E-state index is -0.480. The molecule has 136 valence electrons. The lowest BCUT2D eigenvalue weighted by molar-refractivity contribution is 0.103. The van der Waals surface area contributed by atoms with Gasteiger partial charge in [0.1, 0.15) is 5.82 Å². The number of hydrogen-bond acceptors (Lipinski definition) is 3. The maximum atomic E-state index is 13.2. The first-order valence-corrected chi connectivity index (χ1v) is 9.50. The van der Waals surface area contributed by atoms with Crippen molar-refractivity contribution in [2.75, 3.05) is 5.32 Å². The molecule has 0 bridgehead atoms. The Morgan fingerprint density at radius 1 is 1.19 bits per heavy atom. The zero-order valence-corrected chi connectivity index (χ0v) is 15.8. The van der Waals surface area contributed by atoms with Crippen molar-refractivity contribution in [2.45, 2.75) is 13.5 Å². The number of aromatic nitrogens is 1. The minimum absolute atomic E-state index is 0.114. The zero-order valence-electron chi connectivity index (χ0n) is 14.3.